The summed E-state index contributed by atoms with van der Waals surface area (Å²) in [4.78, 5) is 33.4. The number of carbonyl (C=O) groups is 2. The van der Waals surface area contributed by atoms with Gasteiger partial charge in [-0.2, -0.15) is 0 Å². The van der Waals surface area contributed by atoms with Crippen molar-refractivity contribution in [2.45, 2.75) is 19.8 Å². The summed E-state index contributed by atoms with van der Waals surface area (Å²) < 4.78 is 0. The van der Waals surface area contributed by atoms with Gasteiger partial charge in [-0.1, -0.05) is 0 Å². The van der Waals surface area contributed by atoms with E-state index in [1.807, 2.05) is 9.80 Å². The van der Waals surface area contributed by atoms with Crippen LogP contribution in [0.1, 0.15) is 19.8 Å². The maximum Gasteiger partial charge on any atom is 0.241 e. The zero-order chi connectivity index (χ0) is 15.2. The maximum atomic E-state index is 12.0. The molecule has 0 aromatic carbocycles. The maximum absolute atomic E-state index is 12.0. The molecule has 0 spiro atoms. The van der Waals surface area contributed by atoms with Crippen LogP contribution < -0.4 is 5.32 Å². The van der Waals surface area contributed by atoms with Gasteiger partial charge in [0, 0.05) is 53.2 Å². The van der Waals surface area contributed by atoms with E-state index in [1.54, 1.807) is 14.0 Å². The normalized spacial score (nSPS) is 19.0. The van der Waals surface area contributed by atoms with Crippen molar-refractivity contribution in [2.75, 3.05) is 52.9 Å². The number of amides is 2. The molecule has 2 aliphatic heterocycles. The monoisotopic (exact) mass is 423 g/mol. The van der Waals surface area contributed by atoms with Crippen molar-refractivity contribution >= 4 is 41.8 Å². The first-order valence-electron chi connectivity index (χ1n) is 7.60. The summed E-state index contributed by atoms with van der Waals surface area (Å²) in [5.41, 5.74) is 0. The Kier molecular flexibility index (Phi) is 7.91. The SMILES string of the molecule is CN=C(NCC(=O)N1CCCC1)N1CCN(C(C)=O)CC1.I. The molecule has 0 bridgehead atoms. The molecule has 1 N–H and O–H groups in total. The first kappa shape index (κ1) is 19.0. The van der Waals surface area contributed by atoms with Crippen molar-refractivity contribution in [2.24, 2.45) is 4.99 Å². The Hall–Kier alpha value is -1.06. The highest BCUT2D eigenvalue weighted by Crippen LogP contribution is 2.07. The minimum absolute atomic E-state index is 0. The van der Waals surface area contributed by atoms with Crippen molar-refractivity contribution in [1.82, 2.24) is 20.0 Å². The van der Waals surface area contributed by atoms with Crippen LogP contribution in [0.2, 0.25) is 0 Å². The fraction of sp³-hybridized carbons (Fsp3) is 0.786. The number of aliphatic imine (C=N–C) groups is 1. The predicted octanol–water partition coefficient (Wildman–Crippen LogP) is -0.0337. The Morgan fingerprint density at radius 3 is 2.00 bits per heavy atom. The van der Waals surface area contributed by atoms with Gasteiger partial charge in [0.1, 0.15) is 0 Å². The highest BCUT2D eigenvalue weighted by molar-refractivity contribution is 14.0. The molecule has 2 aliphatic rings. The lowest BCUT2D eigenvalue weighted by Crippen LogP contribution is -2.54. The number of piperazine rings is 1. The Bertz CT molecular complexity index is 415. The number of hydrogen-bond acceptors (Lipinski definition) is 3. The molecule has 7 nitrogen and oxygen atoms in total. The predicted molar refractivity (Wildman–Crippen MR) is 96.4 cm³/mol. The second kappa shape index (κ2) is 9.16. The number of nitrogens with one attached hydrogen (secondary N) is 1. The standard InChI is InChI=1S/C14H25N5O2.HI/c1-12(20)17-7-9-19(10-8-17)14(15-2)16-11-13(21)18-5-3-4-6-18;/h3-11H2,1-2H3,(H,15,16);1H. The lowest BCUT2D eigenvalue weighted by molar-refractivity contribution is -0.130. The molecule has 0 aliphatic carbocycles. The molecular formula is C14H26IN5O2. The number of rotatable bonds is 2. The van der Waals surface area contributed by atoms with Gasteiger partial charge in [-0.3, -0.25) is 14.6 Å². The van der Waals surface area contributed by atoms with Gasteiger partial charge in [0.05, 0.1) is 6.54 Å². The molecule has 8 heteroatoms. The van der Waals surface area contributed by atoms with Crippen LogP contribution in [0.15, 0.2) is 4.99 Å². The molecule has 2 amide bonds. The van der Waals surface area contributed by atoms with Crippen molar-refractivity contribution in [3.63, 3.8) is 0 Å². The highest BCUT2D eigenvalue weighted by atomic mass is 127. The molecule has 2 fully saturated rings. The molecule has 22 heavy (non-hydrogen) atoms. The van der Waals surface area contributed by atoms with Gasteiger partial charge in [-0.05, 0) is 12.8 Å². The van der Waals surface area contributed by atoms with Crippen LogP contribution in [-0.4, -0.2) is 85.3 Å². The second-order valence-electron chi connectivity index (χ2n) is 5.48. The molecule has 126 valence electrons. The van der Waals surface area contributed by atoms with E-state index in [4.69, 9.17) is 0 Å². The fourth-order valence-electron chi connectivity index (χ4n) is 2.80. The fourth-order valence-corrected chi connectivity index (χ4v) is 2.80. The van der Waals surface area contributed by atoms with E-state index in [0.29, 0.717) is 19.6 Å². The molecule has 2 rings (SSSR count). The van der Waals surface area contributed by atoms with E-state index in [0.717, 1.165) is 45.0 Å². The zero-order valence-electron chi connectivity index (χ0n) is 13.4. The molecule has 0 saturated carbocycles. The Morgan fingerprint density at radius 2 is 1.50 bits per heavy atom. The van der Waals surface area contributed by atoms with Gasteiger partial charge < -0.3 is 20.0 Å². The van der Waals surface area contributed by atoms with Crippen LogP contribution in [0.5, 0.6) is 0 Å². The molecule has 0 aromatic rings. The van der Waals surface area contributed by atoms with Crippen LogP contribution in [0, 0.1) is 0 Å². The Labute approximate surface area is 149 Å². The molecular weight excluding hydrogens is 397 g/mol. The topological polar surface area (TPSA) is 68.2 Å². The molecule has 0 aromatic heterocycles. The van der Waals surface area contributed by atoms with Gasteiger partial charge in [0.15, 0.2) is 5.96 Å². The summed E-state index contributed by atoms with van der Waals surface area (Å²) in [7, 11) is 1.72. The van der Waals surface area contributed by atoms with E-state index >= 15 is 0 Å². The number of likely N-dealkylation sites (tertiary alicyclic amines) is 1. The minimum atomic E-state index is 0. The van der Waals surface area contributed by atoms with Crippen LogP contribution >= 0.6 is 24.0 Å². The second-order valence-corrected chi connectivity index (χ2v) is 5.48. The van der Waals surface area contributed by atoms with Gasteiger partial charge in [-0.25, -0.2) is 0 Å². The van der Waals surface area contributed by atoms with Crippen molar-refractivity contribution in [3.8, 4) is 0 Å². The number of nitrogens with zero attached hydrogens (tertiary/aromatic N) is 4. The number of guanidine groups is 1. The summed E-state index contributed by atoms with van der Waals surface area (Å²) in [6.07, 6.45) is 2.21. The van der Waals surface area contributed by atoms with Gasteiger partial charge in [-0.15, -0.1) is 24.0 Å². The van der Waals surface area contributed by atoms with E-state index in [-0.39, 0.29) is 35.8 Å². The van der Waals surface area contributed by atoms with Gasteiger partial charge in [0.25, 0.3) is 0 Å². The van der Waals surface area contributed by atoms with Crippen molar-refractivity contribution in [3.05, 3.63) is 0 Å². The lowest BCUT2D eigenvalue weighted by atomic mass is 10.3. The number of hydrogen-bond donors (Lipinski definition) is 1. The third-order valence-corrected chi connectivity index (χ3v) is 4.09. The third kappa shape index (κ3) is 4.99. The van der Waals surface area contributed by atoms with Gasteiger partial charge >= 0.3 is 0 Å². The first-order chi connectivity index (χ1) is 10.1. The quantitative estimate of drug-likeness (QED) is 0.385. The molecule has 2 saturated heterocycles. The largest absolute Gasteiger partial charge is 0.347 e. The first-order valence-corrected chi connectivity index (χ1v) is 7.60. The van der Waals surface area contributed by atoms with Crippen LogP contribution in [0.25, 0.3) is 0 Å². The van der Waals surface area contributed by atoms with Crippen molar-refractivity contribution < 1.29 is 9.59 Å². The number of carbonyl (C=O) groups excluding carboxylic acids is 2. The summed E-state index contributed by atoms with van der Waals surface area (Å²) in [6.45, 7) is 6.53. The Balaban J connectivity index is 0.00000242. The van der Waals surface area contributed by atoms with E-state index in [2.05, 4.69) is 15.2 Å². The average Bonchev–Trinajstić information content (AvgIpc) is 3.02. The highest BCUT2D eigenvalue weighted by Gasteiger charge is 2.22. The third-order valence-electron chi connectivity index (χ3n) is 4.09. The lowest BCUT2D eigenvalue weighted by Gasteiger charge is -2.36. The molecule has 2 heterocycles. The summed E-state index contributed by atoms with van der Waals surface area (Å²) in [5.74, 6) is 0.989. The number of halogens is 1. The van der Waals surface area contributed by atoms with E-state index in [1.165, 1.54) is 0 Å². The molecule has 0 atom stereocenters. The minimum Gasteiger partial charge on any atom is -0.347 e. The van der Waals surface area contributed by atoms with Crippen molar-refractivity contribution in [1.29, 1.82) is 0 Å². The molecule has 0 unspecified atom stereocenters. The van der Waals surface area contributed by atoms with Crippen LogP contribution in [0.3, 0.4) is 0 Å². The van der Waals surface area contributed by atoms with Crippen LogP contribution in [0.4, 0.5) is 0 Å². The molecule has 0 radical (unpaired) electrons. The zero-order valence-corrected chi connectivity index (χ0v) is 15.7. The average molecular weight is 423 g/mol. The summed E-state index contributed by atoms with van der Waals surface area (Å²) in [5, 5.41) is 3.14. The smallest absolute Gasteiger partial charge is 0.241 e. The summed E-state index contributed by atoms with van der Waals surface area (Å²) >= 11 is 0. The van der Waals surface area contributed by atoms with Crippen LogP contribution in [-0.2, 0) is 9.59 Å². The van der Waals surface area contributed by atoms with E-state index < -0.39 is 0 Å². The summed E-state index contributed by atoms with van der Waals surface area (Å²) in [6, 6.07) is 0. The van der Waals surface area contributed by atoms with Gasteiger partial charge in [0.2, 0.25) is 11.8 Å². The Morgan fingerprint density at radius 1 is 0.955 bits per heavy atom. The van der Waals surface area contributed by atoms with E-state index in [9.17, 15) is 9.59 Å².